The molecule has 1 heterocycles. The zero-order chi connectivity index (χ0) is 19.1. The molecule has 2 rings (SSSR count). The summed E-state index contributed by atoms with van der Waals surface area (Å²) in [6, 6.07) is 8.11. The minimum atomic E-state index is -0.465. The molecule has 0 saturated carbocycles. The molecule has 0 aliphatic carbocycles. The van der Waals surface area contributed by atoms with Crippen LogP contribution < -0.4 is 5.32 Å². The highest BCUT2D eigenvalue weighted by Gasteiger charge is 2.15. The van der Waals surface area contributed by atoms with Crippen LogP contribution in [0.3, 0.4) is 0 Å². The van der Waals surface area contributed by atoms with Crippen LogP contribution in [-0.4, -0.2) is 29.8 Å². The average Bonchev–Trinajstić information content (AvgIpc) is 2.95. The van der Waals surface area contributed by atoms with E-state index in [9.17, 15) is 19.7 Å². The van der Waals surface area contributed by atoms with Crippen molar-refractivity contribution in [1.29, 1.82) is 0 Å². The molecule has 7 nitrogen and oxygen atoms in total. The first-order chi connectivity index (χ1) is 12.4. The van der Waals surface area contributed by atoms with Crippen molar-refractivity contribution in [2.45, 2.75) is 26.7 Å². The van der Waals surface area contributed by atoms with E-state index in [1.807, 2.05) is 13.8 Å². The van der Waals surface area contributed by atoms with E-state index < -0.39 is 10.9 Å². The molecule has 8 heteroatoms. The number of thiophene rings is 1. The Bertz CT molecular complexity index is 816. The maximum absolute atomic E-state index is 12.1. The van der Waals surface area contributed by atoms with Crippen LogP contribution in [-0.2, 0) is 9.53 Å². The molecule has 2 aromatic rings. The third kappa shape index (κ3) is 5.38. The minimum Gasteiger partial charge on any atom is -0.457 e. The number of nitro groups is 1. The Hall–Kier alpha value is -2.74. The van der Waals surface area contributed by atoms with Crippen LogP contribution in [0.5, 0.6) is 0 Å². The lowest BCUT2D eigenvalue weighted by Crippen LogP contribution is -2.15. The van der Waals surface area contributed by atoms with Gasteiger partial charge in [-0.1, -0.05) is 12.1 Å². The first kappa shape index (κ1) is 19.6. The molecule has 0 saturated heterocycles. The third-order valence-corrected chi connectivity index (χ3v) is 4.65. The second kappa shape index (κ2) is 9.10. The Morgan fingerprint density at radius 3 is 2.65 bits per heavy atom. The van der Waals surface area contributed by atoms with Gasteiger partial charge in [-0.05, 0) is 32.4 Å². The van der Waals surface area contributed by atoms with Crippen molar-refractivity contribution in [2.24, 2.45) is 0 Å². The van der Waals surface area contributed by atoms with E-state index in [1.165, 1.54) is 17.4 Å². The summed E-state index contributed by atoms with van der Waals surface area (Å²) < 4.78 is 5.02. The molecule has 0 fully saturated rings. The number of ether oxygens (including phenoxy) is 1. The van der Waals surface area contributed by atoms with Gasteiger partial charge in [0.25, 0.3) is 5.69 Å². The number of Topliss-reactive ketones (excluding diaryl/α,β-unsaturated/α-hetero) is 1. The van der Waals surface area contributed by atoms with E-state index in [1.54, 1.807) is 24.3 Å². The molecule has 0 aliphatic rings. The van der Waals surface area contributed by atoms with Crippen LogP contribution >= 0.6 is 11.3 Å². The summed E-state index contributed by atoms with van der Waals surface area (Å²) in [4.78, 5) is 36.2. The summed E-state index contributed by atoms with van der Waals surface area (Å²) >= 11 is 1.53. The number of nitrogens with one attached hydrogen (secondary N) is 1. The Morgan fingerprint density at radius 1 is 1.27 bits per heavy atom. The molecule has 1 aromatic carbocycles. The number of hydrogen-bond acceptors (Lipinski definition) is 7. The minimum absolute atomic E-state index is 0.0119. The summed E-state index contributed by atoms with van der Waals surface area (Å²) in [5, 5.41) is 13.9. The van der Waals surface area contributed by atoms with Crippen LogP contribution in [0.4, 0.5) is 11.4 Å². The van der Waals surface area contributed by atoms with E-state index >= 15 is 0 Å². The van der Waals surface area contributed by atoms with Crippen LogP contribution in [0.2, 0.25) is 0 Å². The molecule has 1 aromatic heterocycles. The number of carbonyl (C=O) groups excluding carboxylic acids is 2. The van der Waals surface area contributed by atoms with Gasteiger partial charge in [-0.3, -0.25) is 19.7 Å². The first-order valence-corrected chi connectivity index (χ1v) is 8.93. The summed E-state index contributed by atoms with van der Waals surface area (Å²) in [6.45, 7) is 3.90. The molecular weight excluding hydrogens is 356 g/mol. The highest BCUT2D eigenvalue weighted by atomic mass is 32.1. The van der Waals surface area contributed by atoms with Gasteiger partial charge in [-0.2, -0.15) is 0 Å². The number of carbonyl (C=O) groups is 2. The van der Waals surface area contributed by atoms with Gasteiger partial charge >= 0.3 is 5.97 Å². The van der Waals surface area contributed by atoms with E-state index in [0.717, 1.165) is 9.75 Å². The van der Waals surface area contributed by atoms with Crippen molar-refractivity contribution in [3.05, 3.63) is 55.8 Å². The SMILES string of the molecule is Cc1cc(C(=O)COC(=O)CCCNc2ccccc2[N+](=O)[O-])c(C)s1. The average molecular weight is 376 g/mol. The molecule has 26 heavy (non-hydrogen) atoms. The Labute approximate surface area is 155 Å². The Kier molecular flexibility index (Phi) is 6.85. The topological polar surface area (TPSA) is 98.5 Å². The normalized spacial score (nSPS) is 10.4. The lowest BCUT2D eigenvalue weighted by Gasteiger charge is -2.07. The van der Waals surface area contributed by atoms with Gasteiger partial charge in [0, 0.05) is 34.3 Å². The van der Waals surface area contributed by atoms with Gasteiger partial charge in [-0.15, -0.1) is 11.3 Å². The lowest BCUT2D eigenvalue weighted by atomic mass is 10.2. The summed E-state index contributed by atoms with van der Waals surface area (Å²) in [7, 11) is 0. The molecule has 0 spiro atoms. The van der Waals surface area contributed by atoms with Gasteiger partial charge in [0.05, 0.1) is 4.92 Å². The second-order valence-electron chi connectivity index (χ2n) is 5.72. The fourth-order valence-corrected chi connectivity index (χ4v) is 3.38. The monoisotopic (exact) mass is 376 g/mol. The number of aryl methyl sites for hydroxylation is 2. The van der Waals surface area contributed by atoms with Gasteiger partial charge < -0.3 is 10.1 Å². The zero-order valence-electron chi connectivity index (χ0n) is 14.6. The van der Waals surface area contributed by atoms with Crippen molar-refractivity contribution in [1.82, 2.24) is 0 Å². The van der Waals surface area contributed by atoms with E-state index in [0.29, 0.717) is 24.2 Å². The third-order valence-electron chi connectivity index (χ3n) is 3.68. The van der Waals surface area contributed by atoms with Crippen LogP contribution in [0.15, 0.2) is 30.3 Å². The highest BCUT2D eigenvalue weighted by molar-refractivity contribution is 7.12. The van der Waals surface area contributed by atoms with Crippen molar-refractivity contribution >= 4 is 34.5 Å². The number of ketones is 1. The summed E-state index contributed by atoms with van der Waals surface area (Å²) in [5.41, 5.74) is 0.991. The lowest BCUT2D eigenvalue weighted by molar-refractivity contribution is -0.384. The number of nitro benzene ring substituents is 1. The van der Waals surface area contributed by atoms with Crippen molar-refractivity contribution in [3.63, 3.8) is 0 Å². The number of anilines is 1. The maximum Gasteiger partial charge on any atom is 0.306 e. The number of rotatable bonds is 9. The number of para-hydroxylation sites is 2. The number of esters is 1. The van der Waals surface area contributed by atoms with Crippen molar-refractivity contribution in [2.75, 3.05) is 18.5 Å². The molecule has 0 bridgehead atoms. The molecule has 0 atom stereocenters. The molecule has 0 radical (unpaired) electrons. The summed E-state index contributed by atoms with van der Waals surface area (Å²) in [6.07, 6.45) is 0.568. The van der Waals surface area contributed by atoms with Crippen LogP contribution in [0, 0.1) is 24.0 Å². The zero-order valence-corrected chi connectivity index (χ0v) is 15.4. The number of benzene rings is 1. The van der Waals surface area contributed by atoms with Crippen molar-refractivity contribution in [3.8, 4) is 0 Å². The smallest absolute Gasteiger partial charge is 0.306 e. The molecule has 0 amide bonds. The number of hydrogen-bond donors (Lipinski definition) is 1. The fourth-order valence-electron chi connectivity index (χ4n) is 2.44. The maximum atomic E-state index is 12.1. The highest BCUT2D eigenvalue weighted by Crippen LogP contribution is 2.23. The predicted octanol–water partition coefficient (Wildman–Crippen LogP) is 3.89. The summed E-state index contributed by atoms with van der Waals surface area (Å²) in [5.74, 6) is -0.675. The molecular formula is C18H20N2O5S. The molecule has 0 aliphatic heterocycles. The fraction of sp³-hybridized carbons (Fsp3) is 0.333. The van der Waals surface area contributed by atoms with Gasteiger partial charge in [-0.25, -0.2) is 0 Å². The van der Waals surface area contributed by atoms with E-state index in [4.69, 9.17) is 4.74 Å². The predicted molar refractivity (Wildman–Crippen MR) is 99.9 cm³/mol. The molecule has 1 N–H and O–H groups in total. The molecule has 0 unspecified atom stereocenters. The first-order valence-electron chi connectivity index (χ1n) is 8.11. The van der Waals surface area contributed by atoms with E-state index in [-0.39, 0.29) is 24.5 Å². The van der Waals surface area contributed by atoms with E-state index in [2.05, 4.69) is 5.32 Å². The standard InChI is InChI=1S/C18H20N2O5S/c1-12-10-14(13(2)26-12)17(21)11-25-18(22)8-5-9-19-15-6-3-4-7-16(15)20(23)24/h3-4,6-7,10,19H,5,8-9,11H2,1-2H3. The van der Waals surface area contributed by atoms with Gasteiger partial charge in [0.2, 0.25) is 5.78 Å². The largest absolute Gasteiger partial charge is 0.457 e. The van der Waals surface area contributed by atoms with Crippen LogP contribution in [0.1, 0.15) is 33.0 Å². The van der Waals surface area contributed by atoms with Crippen LogP contribution in [0.25, 0.3) is 0 Å². The number of nitrogens with zero attached hydrogens (tertiary/aromatic N) is 1. The van der Waals surface area contributed by atoms with Gasteiger partial charge in [0.15, 0.2) is 6.61 Å². The van der Waals surface area contributed by atoms with Crippen molar-refractivity contribution < 1.29 is 19.2 Å². The molecule has 138 valence electrons. The second-order valence-corrected chi connectivity index (χ2v) is 7.18. The Balaban J connectivity index is 1.72. The van der Waals surface area contributed by atoms with Gasteiger partial charge in [0.1, 0.15) is 5.69 Å². The Morgan fingerprint density at radius 2 is 2.00 bits per heavy atom. The quantitative estimate of drug-likeness (QED) is 0.234.